The van der Waals surface area contributed by atoms with E-state index in [9.17, 15) is 0 Å². The van der Waals surface area contributed by atoms with Crippen molar-refractivity contribution in [3.8, 4) is 0 Å². The van der Waals surface area contributed by atoms with Gasteiger partial charge in [-0.15, -0.1) is 0 Å². The van der Waals surface area contributed by atoms with Crippen LogP contribution in [0.2, 0.25) is 0 Å². The van der Waals surface area contributed by atoms with E-state index >= 15 is 0 Å². The Balaban J connectivity index is 1.93. The van der Waals surface area contributed by atoms with Gasteiger partial charge >= 0.3 is 0 Å². The maximum absolute atomic E-state index is 8.96. The van der Waals surface area contributed by atoms with Crippen molar-refractivity contribution in [1.29, 1.82) is 0 Å². The highest BCUT2D eigenvalue weighted by Gasteiger charge is 2.18. The summed E-state index contributed by atoms with van der Waals surface area (Å²) in [6, 6.07) is 6.22. The van der Waals surface area contributed by atoms with Crippen LogP contribution in [0.15, 0.2) is 24.4 Å². The number of rotatable bonds is 3. The zero-order valence-electron chi connectivity index (χ0n) is 10.4. The van der Waals surface area contributed by atoms with Gasteiger partial charge in [0.15, 0.2) is 6.23 Å². The average Bonchev–Trinajstić information content (AvgIpc) is 2.83. The smallest absolute Gasteiger partial charge is 0.150 e. The highest BCUT2D eigenvalue weighted by Crippen LogP contribution is 2.26. The molecule has 1 aromatic heterocycles. The van der Waals surface area contributed by atoms with Gasteiger partial charge in [0.25, 0.3) is 0 Å². The molecule has 4 nitrogen and oxygen atoms in total. The Morgan fingerprint density at radius 2 is 2.33 bits per heavy atom. The van der Waals surface area contributed by atoms with Gasteiger partial charge in [-0.05, 0) is 43.4 Å². The summed E-state index contributed by atoms with van der Waals surface area (Å²) >= 11 is 0. The topological polar surface area (TPSA) is 47.3 Å². The molecular formula is C14H18N2O2. The van der Waals surface area contributed by atoms with Gasteiger partial charge in [-0.25, -0.2) is 4.68 Å². The number of aromatic nitrogens is 2. The van der Waals surface area contributed by atoms with Gasteiger partial charge in [0.2, 0.25) is 0 Å². The molecule has 1 atom stereocenters. The molecule has 1 saturated heterocycles. The minimum Gasteiger partial charge on any atom is -0.396 e. The first-order valence-electron chi connectivity index (χ1n) is 6.57. The SMILES string of the molecule is OCCc1ccc2c(cnn2C2CCCCO2)c1. The Kier molecular flexibility index (Phi) is 3.30. The third kappa shape index (κ3) is 2.13. The fraction of sp³-hybridized carbons (Fsp3) is 0.500. The van der Waals surface area contributed by atoms with Crippen LogP contribution in [0.25, 0.3) is 10.9 Å². The third-order valence-corrected chi connectivity index (χ3v) is 3.49. The van der Waals surface area contributed by atoms with Crippen LogP contribution in [0.4, 0.5) is 0 Å². The largest absolute Gasteiger partial charge is 0.396 e. The Morgan fingerprint density at radius 3 is 3.11 bits per heavy atom. The van der Waals surface area contributed by atoms with Gasteiger partial charge in [0.1, 0.15) is 0 Å². The number of benzene rings is 1. The van der Waals surface area contributed by atoms with Gasteiger partial charge in [-0.1, -0.05) is 6.07 Å². The molecule has 1 fully saturated rings. The second-order valence-electron chi connectivity index (χ2n) is 4.78. The zero-order chi connectivity index (χ0) is 12.4. The summed E-state index contributed by atoms with van der Waals surface area (Å²) in [6.07, 6.45) is 6.05. The van der Waals surface area contributed by atoms with E-state index in [0.29, 0.717) is 6.42 Å². The molecule has 1 aliphatic rings. The van der Waals surface area contributed by atoms with E-state index in [-0.39, 0.29) is 12.8 Å². The molecule has 0 amide bonds. The first kappa shape index (κ1) is 11.7. The van der Waals surface area contributed by atoms with Gasteiger partial charge in [0, 0.05) is 18.6 Å². The first-order valence-corrected chi connectivity index (χ1v) is 6.57. The molecule has 0 bridgehead atoms. The molecule has 0 radical (unpaired) electrons. The van der Waals surface area contributed by atoms with E-state index in [1.807, 2.05) is 10.9 Å². The maximum Gasteiger partial charge on any atom is 0.150 e. The molecular weight excluding hydrogens is 228 g/mol. The molecule has 0 spiro atoms. The summed E-state index contributed by atoms with van der Waals surface area (Å²) in [5.74, 6) is 0. The van der Waals surface area contributed by atoms with Gasteiger partial charge in [-0.3, -0.25) is 0 Å². The van der Waals surface area contributed by atoms with E-state index < -0.39 is 0 Å². The lowest BCUT2D eigenvalue weighted by atomic mass is 10.1. The summed E-state index contributed by atoms with van der Waals surface area (Å²) < 4.78 is 7.75. The lowest BCUT2D eigenvalue weighted by Gasteiger charge is -2.23. The molecule has 0 saturated carbocycles. The Hall–Kier alpha value is -1.39. The predicted octanol–water partition coefficient (Wildman–Crippen LogP) is 2.27. The van der Waals surface area contributed by atoms with Crippen LogP contribution in [0.5, 0.6) is 0 Å². The maximum atomic E-state index is 8.96. The van der Waals surface area contributed by atoms with Crippen LogP contribution in [0.3, 0.4) is 0 Å². The highest BCUT2D eigenvalue weighted by atomic mass is 16.5. The van der Waals surface area contributed by atoms with Gasteiger partial charge in [0.05, 0.1) is 11.7 Å². The van der Waals surface area contributed by atoms with Crippen LogP contribution >= 0.6 is 0 Å². The standard InChI is InChI=1S/C14H18N2O2/c17-7-6-11-4-5-13-12(9-11)10-15-16(13)14-3-1-2-8-18-14/h4-5,9-10,14,17H,1-3,6-8H2. The van der Waals surface area contributed by atoms with E-state index in [0.717, 1.165) is 35.9 Å². The molecule has 1 unspecified atom stereocenters. The van der Waals surface area contributed by atoms with Crippen molar-refractivity contribution in [3.63, 3.8) is 0 Å². The van der Waals surface area contributed by atoms with Crippen molar-refractivity contribution < 1.29 is 9.84 Å². The second kappa shape index (κ2) is 5.08. The van der Waals surface area contributed by atoms with Crippen molar-refractivity contribution in [2.45, 2.75) is 31.9 Å². The lowest BCUT2D eigenvalue weighted by molar-refractivity contribution is -0.0366. The fourth-order valence-corrected chi connectivity index (χ4v) is 2.53. The quantitative estimate of drug-likeness (QED) is 0.903. The van der Waals surface area contributed by atoms with Crippen LogP contribution in [0.1, 0.15) is 31.1 Å². The third-order valence-electron chi connectivity index (χ3n) is 3.49. The summed E-state index contributed by atoms with van der Waals surface area (Å²) in [6.45, 7) is 1.01. The summed E-state index contributed by atoms with van der Waals surface area (Å²) in [5, 5.41) is 14.5. The Labute approximate surface area is 106 Å². The highest BCUT2D eigenvalue weighted by molar-refractivity contribution is 5.79. The number of hydrogen-bond acceptors (Lipinski definition) is 3. The molecule has 96 valence electrons. The van der Waals surface area contributed by atoms with Crippen molar-refractivity contribution in [3.05, 3.63) is 30.0 Å². The minimum atomic E-state index is 0.0833. The lowest BCUT2D eigenvalue weighted by Crippen LogP contribution is -2.18. The number of ether oxygens (including phenoxy) is 1. The zero-order valence-corrected chi connectivity index (χ0v) is 10.4. The minimum absolute atomic E-state index is 0.0833. The Bertz CT molecular complexity index is 530. The van der Waals surface area contributed by atoms with Gasteiger partial charge < -0.3 is 9.84 Å². The Morgan fingerprint density at radius 1 is 1.39 bits per heavy atom. The monoisotopic (exact) mass is 246 g/mol. The van der Waals surface area contributed by atoms with E-state index in [1.165, 1.54) is 6.42 Å². The molecule has 1 N–H and O–H groups in total. The molecule has 1 aromatic carbocycles. The van der Waals surface area contributed by atoms with Crippen molar-refractivity contribution in [1.82, 2.24) is 9.78 Å². The summed E-state index contributed by atoms with van der Waals surface area (Å²) in [7, 11) is 0. The molecule has 0 aliphatic carbocycles. The normalized spacial score (nSPS) is 20.4. The van der Waals surface area contributed by atoms with E-state index in [2.05, 4.69) is 23.3 Å². The van der Waals surface area contributed by atoms with Crippen molar-refractivity contribution in [2.24, 2.45) is 0 Å². The van der Waals surface area contributed by atoms with E-state index in [4.69, 9.17) is 9.84 Å². The number of aliphatic hydroxyl groups is 1. The average molecular weight is 246 g/mol. The summed E-state index contributed by atoms with van der Waals surface area (Å²) in [4.78, 5) is 0. The molecule has 18 heavy (non-hydrogen) atoms. The van der Waals surface area contributed by atoms with Crippen LogP contribution in [-0.2, 0) is 11.2 Å². The van der Waals surface area contributed by atoms with Crippen molar-refractivity contribution in [2.75, 3.05) is 13.2 Å². The molecule has 2 aromatic rings. The molecule has 2 heterocycles. The molecule has 1 aliphatic heterocycles. The number of fused-ring (bicyclic) bond motifs is 1. The van der Waals surface area contributed by atoms with Crippen molar-refractivity contribution >= 4 is 10.9 Å². The van der Waals surface area contributed by atoms with Crippen LogP contribution in [-0.4, -0.2) is 28.1 Å². The first-order chi connectivity index (χ1) is 8.88. The predicted molar refractivity (Wildman–Crippen MR) is 69.4 cm³/mol. The number of aliphatic hydroxyl groups excluding tert-OH is 1. The fourth-order valence-electron chi connectivity index (χ4n) is 2.53. The van der Waals surface area contributed by atoms with Crippen LogP contribution < -0.4 is 0 Å². The molecule has 4 heteroatoms. The van der Waals surface area contributed by atoms with Gasteiger partial charge in [-0.2, -0.15) is 5.10 Å². The summed E-state index contributed by atoms with van der Waals surface area (Å²) in [5.41, 5.74) is 2.26. The molecule has 3 rings (SSSR count). The number of hydrogen-bond donors (Lipinski definition) is 1. The second-order valence-corrected chi connectivity index (χ2v) is 4.78. The number of nitrogens with zero attached hydrogens (tertiary/aromatic N) is 2. The van der Waals surface area contributed by atoms with Crippen LogP contribution in [0, 0.1) is 0 Å². The van der Waals surface area contributed by atoms with E-state index in [1.54, 1.807) is 0 Å².